The van der Waals surface area contributed by atoms with E-state index in [4.69, 9.17) is 5.73 Å². The number of nitrogens with two attached hydrogens (primary N) is 1. The fourth-order valence-corrected chi connectivity index (χ4v) is 1.46. The van der Waals surface area contributed by atoms with Gasteiger partial charge in [-0.1, -0.05) is 0 Å². The molecule has 0 aliphatic carbocycles. The predicted molar refractivity (Wildman–Crippen MR) is 58.2 cm³/mol. The summed E-state index contributed by atoms with van der Waals surface area (Å²) >= 11 is 0. The molecule has 0 saturated carbocycles. The topological polar surface area (TPSA) is 47.1 Å². The maximum absolute atomic E-state index is 5.52. The first-order chi connectivity index (χ1) is 6.74. The lowest BCUT2D eigenvalue weighted by Gasteiger charge is -2.11. The number of aryl methyl sites for hydroxylation is 1. The molecule has 0 unspecified atom stereocenters. The van der Waals surface area contributed by atoms with Crippen molar-refractivity contribution in [2.24, 2.45) is 5.73 Å². The summed E-state index contributed by atoms with van der Waals surface area (Å²) in [5.74, 6) is 0. The van der Waals surface area contributed by atoms with E-state index in [0.717, 1.165) is 25.9 Å². The molecule has 0 atom stereocenters. The summed E-state index contributed by atoms with van der Waals surface area (Å²) in [4.78, 5) is 6.33. The van der Waals surface area contributed by atoms with Gasteiger partial charge in [0.25, 0.3) is 0 Å². The normalized spacial score (nSPS) is 11.1. The molecule has 0 bridgehead atoms. The van der Waals surface area contributed by atoms with Gasteiger partial charge in [-0.25, -0.2) is 4.98 Å². The molecule has 0 radical (unpaired) electrons. The van der Waals surface area contributed by atoms with Crippen LogP contribution in [0.25, 0.3) is 0 Å². The molecule has 0 aliphatic heterocycles. The minimum absolute atomic E-state index is 0.694. The predicted octanol–water partition coefficient (Wildman–Crippen LogP) is 0.336. The molecule has 0 aromatic carbocycles. The number of imidazole rings is 1. The van der Waals surface area contributed by atoms with Crippen molar-refractivity contribution in [1.29, 1.82) is 0 Å². The van der Waals surface area contributed by atoms with Gasteiger partial charge in [-0.05, 0) is 33.6 Å². The van der Waals surface area contributed by atoms with Gasteiger partial charge >= 0.3 is 0 Å². The third-order valence-electron chi connectivity index (χ3n) is 2.20. The Bertz CT molecular complexity index is 254. The van der Waals surface area contributed by atoms with E-state index >= 15 is 0 Å². The van der Waals surface area contributed by atoms with Crippen LogP contribution in [0.2, 0.25) is 0 Å². The molecule has 0 amide bonds. The highest BCUT2D eigenvalue weighted by molar-refractivity contribution is 4.98. The average Bonchev–Trinajstić information content (AvgIpc) is 2.53. The molecule has 0 saturated heterocycles. The Hall–Kier alpha value is -0.870. The number of aromatic nitrogens is 2. The summed E-state index contributed by atoms with van der Waals surface area (Å²) in [6, 6.07) is 0. The molecule has 1 aromatic heterocycles. The molecule has 0 spiro atoms. The lowest BCUT2D eigenvalue weighted by Crippen LogP contribution is -2.16. The van der Waals surface area contributed by atoms with Gasteiger partial charge in [0.05, 0.1) is 6.33 Å². The maximum Gasteiger partial charge on any atom is 0.0948 e. The van der Waals surface area contributed by atoms with Gasteiger partial charge in [0.15, 0.2) is 0 Å². The zero-order valence-corrected chi connectivity index (χ0v) is 9.11. The minimum atomic E-state index is 0.694. The molecule has 14 heavy (non-hydrogen) atoms. The Balaban J connectivity index is 2.37. The molecule has 0 aliphatic rings. The Labute approximate surface area is 85.7 Å². The van der Waals surface area contributed by atoms with E-state index in [-0.39, 0.29) is 0 Å². The number of rotatable bonds is 6. The first-order valence-electron chi connectivity index (χ1n) is 5.08. The van der Waals surface area contributed by atoms with Crippen LogP contribution in [0.4, 0.5) is 0 Å². The van der Waals surface area contributed by atoms with Crippen LogP contribution in [0.15, 0.2) is 12.5 Å². The second kappa shape index (κ2) is 5.78. The summed E-state index contributed by atoms with van der Waals surface area (Å²) in [6.07, 6.45) is 5.87. The van der Waals surface area contributed by atoms with Crippen molar-refractivity contribution in [2.45, 2.75) is 19.4 Å². The first kappa shape index (κ1) is 11.2. The molecule has 80 valence electrons. The van der Waals surface area contributed by atoms with Gasteiger partial charge in [0.1, 0.15) is 0 Å². The van der Waals surface area contributed by atoms with Crippen molar-refractivity contribution in [3.05, 3.63) is 18.2 Å². The van der Waals surface area contributed by atoms with Crippen LogP contribution in [0.1, 0.15) is 12.1 Å². The lowest BCUT2D eigenvalue weighted by atomic mass is 10.3. The summed E-state index contributed by atoms with van der Waals surface area (Å²) in [5, 5.41) is 0. The standard InChI is InChI=1S/C10H20N4/c1-13(2)6-3-7-14-9-12-8-10(14)4-5-11/h8-9H,3-7,11H2,1-2H3. The van der Waals surface area contributed by atoms with Crippen molar-refractivity contribution in [2.75, 3.05) is 27.2 Å². The molecule has 0 fully saturated rings. The average molecular weight is 196 g/mol. The fraction of sp³-hybridized carbons (Fsp3) is 0.700. The highest BCUT2D eigenvalue weighted by atomic mass is 15.1. The first-order valence-corrected chi connectivity index (χ1v) is 5.08. The maximum atomic E-state index is 5.52. The van der Waals surface area contributed by atoms with Crippen LogP contribution < -0.4 is 5.73 Å². The van der Waals surface area contributed by atoms with E-state index in [1.165, 1.54) is 5.69 Å². The largest absolute Gasteiger partial charge is 0.335 e. The third-order valence-corrected chi connectivity index (χ3v) is 2.20. The van der Waals surface area contributed by atoms with Crippen molar-refractivity contribution in [3.63, 3.8) is 0 Å². The number of hydrogen-bond acceptors (Lipinski definition) is 3. The quantitative estimate of drug-likeness (QED) is 0.713. The summed E-state index contributed by atoms with van der Waals surface area (Å²) < 4.78 is 2.19. The van der Waals surface area contributed by atoms with Crippen LogP contribution in [-0.4, -0.2) is 41.6 Å². The van der Waals surface area contributed by atoms with Gasteiger partial charge in [-0.15, -0.1) is 0 Å². The molecule has 1 rings (SSSR count). The van der Waals surface area contributed by atoms with Gasteiger partial charge in [0, 0.05) is 24.9 Å². The van der Waals surface area contributed by atoms with Crippen LogP contribution in [0.3, 0.4) is 0 Å². The Kier molecular flexibility index (Phi) is 4.62. The molecule has 4 nitrogen and oxygen atoms in total. The molecular weight excluding hydrogens is 176 g/mol. The van der Waals surface area contributed by atoms with E-state index in [0.29, 0.717) is 6.54 Å². The number of hydrogen-bond donors (Lipinski definition) is 1. The highest BCUT2D eigenvalue weighted by Gasteiger charge is 2.00. The van der Waals surface area contributed by atoms with Gasteiger partial charge < -0.3 is 15.2 Å². The second-order valence-electron chi connectivity index (χ2n) is 3.77. The lowest BCUT2D eigenvalue weighted by molar-refractivity contribution is 0.385. The smallest absolute Gasteiger partial charge is 0.0948 e. The van der Waals surface area contributed by atoms with E-state index < -0.39 is 0 Å². The Morgan fingerprint density at radius 3 is 2.93 bits per heavy atom. The Morgan fingerprint density at radius 2 is 2.29 bits per heavy atom. The molecule has 4 heteroatoms. The van der Waals surface area contributed by atoms with E-state index in [1.807, 2.05) is 12.5 Å². The summed E-state index contributed by atoms with van der Waals surface area (Å²) in [6.45, 7) is 2.84. The molecular formula is C10H20N4. The second-order valence-corrected chi connectivity index (χ2v) is 3.77. The van der Waals surface area contributed by atoms with E-state index in [1.54, 1.807) is 0 Å². The van der Waals surface area contributed by atoms with Crippen molar-refractivity contribution in [3.8, 4) is 0 Å². The van der Waals surface area contributed by atoms with Crippen molar-refractivity contribution >= 4 is 0 Å². The van der Waals surface area contributed by atoms with Gasteiger partial charge in [-0.2, -0.15) is 0 Å². The van der Waals surface area contributed by atoms with Crippen LogP contribution in [0, 0.1) is 0 Å². The monoisotopic (exact) mass is 196 g/mol. The third kappa shape index (κ3) is 3.47. The minimum Gasteiger partial charge on any atom is -0.335 e. The SMILES string of the molecule is CN(C)CCCn1cncc1CCN. The zero-order valence-electron chi connectivity index (χ0n) is 9.11. The zero-order chi connectivity index (χ0) is 10.4. The van der Waals surface area contributed by atoms with E-state index in [2.05, 4.69) is 28.5 Å². The summed E-state index contributed by atoms with van der Waals surface area (Å²) in [5.41, 5.74) is 6.76. The van der Waals surface area contributed by atoms with Gasteiger partial charge in [-0.3, -0.25) is 0 Å². The fourth-order valence-electron chi connectivity index (χ4n) is 1.46. The van der Waals surface area contributed by atoms with Crippen molar-refractivity contribution in [1.82, 2.24) is 14.5 Å². The Morgan fingerprint density at radius 1 is 1.50 bits per heavy atom. The van der Waals surface area contributed by atoms with Crippen LogP contribution >= 0.6 is 0 Å². The molecule has 2 N–H and O–H groups in total. The van der Waals surface area contributed by atoms with Crippen molar-refractivity contribution < 1.29 is 0 Å². The molecule has 1 aromatic rings. The van der Waals surface area contributed by atoms with E-state index in [9.17, 15) is 0 Å². The molecule has 1 heterocycles. The van der Waals surface area contributed by atoms with Gasteiger partial charge in [0.2, 0.25) is 0 Å². The van der Waals surface area contributed by atoms with Crippen LogP contribution in [-0.2, 0) is 13.0 Å². The highest BCUT2D eigenvalue weighted by Crippen LogP contribution is 2.01. The summed E-state index contributed by atoms with van der Waals surface area (Å²) in [7, 11) is 4.18. The van der Waals surface area contributed by atoms with Crippen LogP contribution in [0.5, 0.6) is 0 Å². The number of nitrogens with zero attached hydrogens (tertiary/aromatic N) is 3.